The van der Waals surface area contributed by atoms with Crippen LogP contribution in [-0.4, -0.2) is 44.5 Å². The van der Waals surface area contributed by atoms with Crippen LogP contribution >= 0.6 is 0 Å². The van der Waals surface area contributed by atoms with Crippen molar-refractivity contribution in [2.45, 2.75) is 51.2 Å². The highest BCUT2D eigenvalue weighted by molar-refractivity contribution is 5.99. The van der Waals surface area contributed by atoms with Crippen LogP contribution in [0.4, 0.5) is 8.78 Å². The maximum absolute atomic E-state index is 14.2. The highest BCUT2D eigenvalue weighted by Gasteiger charge is 2.19. The number of nitrogens with one attached hydrogen (secondary N) is 3. The lowest BCUT2D eigenvalue weighted by Gasteiger charge is -2.12. The molecule has 1 fully saturated rings. The highest BCUT2D eigenvalue weighted by Crippen LogP contribution is 2.29. The fourth-order valence-corrected chi connectivity index (χ4v) is 3.82. The van der Waals surface area contributed by atoms with Gasteiger partial charge in [0.25, 0.3) is 0 Å². The van der Waals surface area contributed by atoms with Crippen LogP contribution in [0.25, 0.3) is 11.0 Å². The zero-order valence-electron chi connectivity index (χ0n) is 17.0. The first-order valence-corrected chi connectivity index (χ1v) is 10.3. The number of aliphatic imine (C=N–C) groups is 1. The van der Waals surface area contributed by atoms with Gasteiger partial charge in [0, 0.05) is 18.0 Å². The molecular formula is C21H26F2N6O2. The average molecular weight is 432 g/mol. The molecule has 8 nitrogen and oxygen atoms in total. The molecule has 3 atom stereocenters. The number of carbonyl (C=O) groups is 1. The van der Waals surface area contributed by atoms with Gasteiger partial charge in [-0.05, 0) is 49.8 Å². The van der Waals surface area contributed by atoms with E-state index in [1.807, 2.05) is 6.08 Å². The zero-order valence-corrected chi connectivity index (χ0v) is 17.0. The van der Waals surface area contributed by atoms with Crippen molar-refractivity contribution in [1.29, 1.82) is 5.41 Å². The first-order valence-electron chi connectivity index (χ1n) is 10.3. The number of pyridine rings is 1. The number of nitrogens with zero attached hydrogens (tertiary/aromatic N) is 3. The number of amidine groups is 1. The third-order valence-electron chi connectivity index (χ3n) is 5.47. The van der Waals surface area contributed by atoms with Crippen LogP contribution in [0, 0.1) is 23.1 Å². The number of hydrogen-bond acceptors (Lipinski definition) is 5. The lowest BCUT2D eigenvalue weighted by Crippen LogP contribution is -2.29. The van der Waals surface area contributed by atoms with Gasteiger partial charge in [0.15, 0.2) is 11.8 Å². The van der Waals surface area contributed by atoms with E-state index >= 15 is 0 Å². The predicted octanol–water partition coefficient (Wildman–Crippen LogP) is 3.76. The Kier molecular flexibility index (Phi) is 7.80. The number of H-pyrrole nitrogens is 1. The van der Waals surface area contributed by atoms with Crippen LogP contribution < -0.4 is 5.32 Å². The summed E-state index contributed by atoms with van der Waals surface area (Å²) in [6, 6.07) is 1.29. The minimum atomic E-state index is -1.71. The molecule has 0 bridgehead atoms. The van der Waals surface area contributed by atoms with Crippen molar-refractivity contribution in [2.24, 2.45) is 16.8 Å². The molecule has 2 aromatic heterocycles. The molecule has 0 radical (unpaired) electrons. The molecule has 1 aliphatic carbocycles. The molecule has 0 saturated heterocycles. The van der Waals surface area contributed by atoms with Crippen molar-refractivity contribution in [2.75, 3.05) is 0 Å². The summed E-state index contributed by atoms with van der Waals surface area (Å²) < 4.78 is 27.6. The van der Waals surface area contributed by atoms with Gasteiger partial charge in [-0.2, -0.15) is 5.10 Å². The predicted molar refractivity (Wildman–Crippen MR) is 113 cm³/mol. The Labute approximate surface area is 178 Å². The summed E-state index contributed by atoms with van der Waals surface area (Å²) in [5.74, 6) is -0.812. The SMILES string of the molecule is N=CC(F)C(=NCc1[nH]nc2ncc(F)cc12)N/C=C/C1CCCC(CC(=O)O)CC1. The van der Waals surface area contributed by atoms with Gasteiger partial charge in [0.2, 0.25) is 0 Å². The van der Waals surface area contributed by atoms with Crippen molar-refractivity contribution in [3.8, 4) is 0 Å². The standard InChI is InChI=1S/C21H26F2N6O2/c22-15-9-16-18(28-29-20(16)26-11-15)12-27-21(17(23)10-24)25-7-6-13-2-1-3-14(5-4-13)8-19(30)31/h6-7,9-11,13-14,17,24H,1-5,8,12H2,(H,25,27)(H,30,31)(H,26,28,29)/b7-6+,24-10?. The average Bonchev–Trinajstić information content (AvgIpc) is 3.00. The van der Waals surface area contributed by atoms with E-state index in [4.69, 9.17) is 10.5 Å². The number of allylic oxidation sites excluding steroid dienone is 1. The summed E-state index contributed by atoms with van der Waals surface area (Å²) in [6.45, 7) is 0.0202. The number of alkyl halides is 1. The van der Waals surface area contributed by atoms with Crippen molar-refractivity contribution >= 4 is 29.1 Å². The molecule has 2 heterocycles. The Bertz CT molecular complexity index is 974. The topological polar surface area (TPSA) is 127 Å². The smallest absolute Gasteiger partial charge is 0.303 e. The zero-order chi connectivity index (χ0) is 22.2. The highest BCUT2D eigenvalue weighted by atomic mass is 19.1. The largest absolute Gasteiger partial charge is 0.481 e. The quantitative estimate of drug-likeness (QED) is 0.287. The second-order valence-corrected chi connectivity index (χ2v) is 7.73. The molecule has 2 aromatic rings. The van der Waals surface area contributed by atoms with Gasteiger partial charge < -0.3 is 15.8 Å². The fraction of sp³-hybridized carbons (Fsp3) is 0.476. The summed E-state index contributed by atoms with van der Waals surface area (Å²) >= 11 is 0. The Hall–Kier alpha value is -3.17. The summed E-state index contributed by atoms with van der Waals surface area (Å²) in [5, 5.41) is 26.2. The molecule has 4 N–H and O–H groups in total. The molecule has 0 spiro atoms. The van der Waals surface area contributed by atoms with Gasteiger partial charge in [0.05, 0.1) is 18.4 Å². The fourth-order valence-electron chi connectivity index (χ4n) is 3.82. The lowest BCUT2D eigenvalue weighted by molar-refractivity contribution is -0.138. The summed E-state index contributed by atoms with van der Waals surface area (Å²) in [4.78, 5) is 19.0. The molecule has 0 aliphatic heterocycles. The molecule has 31 heavy (non-hydrogen) atoms. The molecule has 1 aliphatic rings. The molecule has 0 amide bonds. The lowest BCUT2D eigenvalue weighted by atomic mass is 9.95. The van der Waals surface area contributed by atoms with Gasteiger partial charge in [0.1, 0.15) is 11.7 Å². The molecule has 3 rings (SSSR count). The number of halogens is 2. The van der Waals surface area contributed by atoms with Crippen LogP contribution in [0.3, 0.4) is 0 Å². The van der Waals surface area contributed by atoms with Crippen LogP contribution in [-0.2, 0) is 11.3 Å². The van der Waals surface area contributed by atoms with Crippen molar-refractivity contribution in [1.82, 2.24) is 20.5 Å². The first-order chi connectivity index (χ1) is 15.0. The van der Waals surface area contributed by atoms with E-state index in [0.717, 1.165) is 38.3 Å². The second kappa shape index (κ2) is 10.7. The Morgan fingerprint density at radius 1 is 1.42 bits per heavy atom. The van der Waals surface area contributed by atoms with Gasteiger partial charge in [-0.1, -0.05) is 12.5 Å². The maximum atomic E-state index is 14.2. The van der Waals surface area contributed by atoms with E-state index in [1.54, 1.807) is 6.20 Å². The third-order valence-corrected chi connectivity index (χ3v) is 5.47. The summed E-state index contributed by atoms with van der Waals surface area (Å²) in [6.07, 6.45) is 8.33. The van der Waals surface area contributed by atoms with Gasteiger partial charge >= 0.3 is 5.97 Å². The van der Waals surface area contributed by atoms with Gasteiger partial charge in [-0.15, -0.1) is 0 Å². The number of hydrogen-bond donors (Lipinski definition) is 4. The van der Waals surface area contributed by atoms with Crippen LogP contribution in [0.15, 0.2) is 29.5 Å². The minimum absolute atomic E-state index is 0.0202. The van der Waals surface area contributed by atoms with Gasteiger partial charge in [-0.3, -0.25) is 14.9 Å². The van der Waals surface area contributed by atoms with Crippen molar-refractivity contribution < 1.29 is 18.7 Å². The van der Waals surface area contributed by atoms with Crippen LogP contribution in [0.5, 0.6) is 0 Å². The Morgan fingerprint density at radius 3 is 3.03 bits per heavy atom. The third kappa shape index (κ3) is 6.40. The van der Waals surface area contributed by atoms with Gasteiger partial charge in [-0.25, -0.2) is 13.8 Å². The van der Waals surface area contributed by atoms with E-state index in [0.29, 0.717) is 22.9 Å². The molecule has 10 heteroatoms. The number of aromatic nitrogens is 3. The van der Waals surface area contributed by atoms with E-state index < -0.39 is 18.0 Å². The van der Waals surface area contributed by atoms with E-state index in [2.05, 4.69) is 25.5 Å². The molecule has 3 unspecified atom stereocenters. The van der Waals surface area contributed by atoms with Crippen molar-refractivity contribution in [3.63, 3.8) is 0 Å². The monoisotopic (exact) mass is 432 g/mol. The van der Waals surface area contributed by atoms with E-state index in [-0.39, 0.29) is 30.6 Å². The van der Waals surface area contributed by atoms with Crippen molar-refractivity contribution in [3.05, 3.63) is 36.1 Å². The van der Waals surface area contributed by atoms with E-state index in [9.17, 15) is 13.6 Å². The van der Waals surface area contributed by atoms with Crippen LogP contribution in [0.1, 0.15) is 44.2 Å². The molecule has 0 aromatic carbocycles. The number of carboxylic acid groups (broad SMARTS) is 1. The molecule has 1 saturated carbocycles. The number of aliphatic carboxylic acids is 1. The second-order valence-electron chi connectivity index (χ2n) is 7.73. The number of fused-ring (bicyclic) bond motifs is 1. The normalized spacial score (nSPS) is 21.2. The minimum Gasteiger partial charge on any atom is -0.481 e. The molecular weight excluding hydrogens is 406 g/mol. The first kappa shape index (κ1) is 22.5. The Balaban J connectivity index is 1.62. The number of carboxylic acids is 1. The molecule has 166 valence electrons. The van der Waals surface area contributed by atoms with E-state index in [1.165, 1.54) is 6.07 Å². The Morgan fingerprint density at radius 2 is 2.26 bits per heavy atom. The number of aromatic amines is 1. The maximum Gasteiger partial charge on any atom is 0.303 e. The number of rotatable bonds is 8. The van der Waals surface area contributed by atoms with Crippen LogP contribution in [0.2, 0.25) is 0 Å². The summed E-state index contributed by atoms with van der Waals surface area (Å²) in [5.41, 5.74) is 0.843. The summed E-state index contributed by atoms with van der Waals surface area (Å²) in [7, 11) is 0.